The number of para-hydroxylation sites is 1. The van der Waals surface area contributed by atoms with Crippen molar-refractivity contribution in [1.29, 1.82) is 0 Å². The molecule has 0 fully saturated rings. The van der Waals surface area contributed by atoms with Gasteiger partial charge in [-0.1, -0.05) is 18.2 Å². The van der Waals surface area contributed by atoms with Crippen LogP contribution in [0.15, 0.2) is 30.3 Å². The van der Waals surface area contributed by atoms with Crippen LogP contribution in [0.5, 0.6) is 0 Å². The number of ether oxygens (including phenoxy) is 3. The van der Waals surface area contributed by atoms with E-state index in [9.17, 15) is 0 Å². The molecule has 0 aliphatic heterocycles. The van der Waals surface area contributed by atoms with Crippen molar-refractivity contribution < 1.29 is 14.2 Å². The van der Waals surface area contributed by atoms with Crippen LogP contribution in [0.2, 0.25) is 0 Å². The fourth-order valence-electron chi connectivity index (χ4n) is 1.43. The predicted molar refractivity (Wildman–Crippen MR) is 73.1 cm³/mol. The van der Waals surface area contributed by atoms with Crippen molar-refractivity contribution in [3.05, 3.63) is 30.3 Å². The van der Waals surface area contributed by atoms with Gasteiger partial charge >= 0.3 is 0 Å². The van der Waals surface area contributed by atoms with Gasteiger partial charge in [-0.3, -0.25) is 0 Å². The van der Waals surface area contributed by atoms with Gasteiger partial charge in [0.2, 0.25) is 0 Å². The summed E-state index contributed by atoms with van der Waals surface area (Å²) in [6, 6.07) is 10.1. The molecule has 0 amide bonds. The zero-order valence-electron chi connectivity index (χ0n) is 11.1. The molecule has 102 valence electrons. The second-order valence-corrected chi connectivity index (χ2v) is 3.86. The van der Waals surface area contributed by atoms with E-state index in [1.807, 2.05) is 30.3 Å². The standard InChI is InChI=1S/C14H23NO3/c1-16-12-13-18-10-5-9-17-11-8-15-14-6-3-2-4-7-14/h2-4,6-7,15H,5,8-13H2,1H3. The van der Waals surface area contributed by atoms with Gasteiger partial charge in [-0.2, -0.15) is 0 Å². The number of benzene rings is 1. The van der Waals surface area contributed by atoms with Crippen LogP contribution in [0.4, 0.5) is 5.69 Å². The molecule has 1 rings (SSSR count). The number of hydrogen-bond acceptors (Lipinski definition) is 4. The molecular weight excluding hydrogens is 230 g/mol. The van der Waals surface area contributed by atoms with Gasteiger partial charge in [0.25, 0.3) is 0 Å². The zero-order valence-corrected chi connectivity index (χ0v) is 11.1. The molecule has 18 heavy (non-hydrogen) atoms. The maximum atomic E-state index is 5.49. The lowest BCUT2D eigenvalue weighted by Crippen LogP contribution is -2.11. The van der Waals surface area contributed by atoms with Gasteiger partial charge in [0.15, 0.2) is 0 Å². The number of anilines is 1. The average Bonchev–Trinajstić information content (AvgIpc) is 2.42. The third kappa shape index (κ3) is 8.06. The monoisotopic (exact) mass is 253 g/mol. The fourth-order valence-corrected chi connectivity index (χ4v) is 1.43. The fraction of sp³-hybridized carbons (Fsp3) is 0.571. The van der Waals surface area contributed by atoms with Crippen LogP contribution in [0.1, 0.15) is 6.42 Å². The van der Waals surface area contributed by atoms with Crippen molar-refractivity contribution in [3.8, 4) is 0 Å². The molecule has 1 aromatic rings. The van der Waals surface area contributed by atoms with Crippen molar-refractivity contribution in [2.45, 2.75) is 6.42 Å². The minimum absolute atomic E-state index is 0.655. The quantitative estimate of drug-likeness (QED) is 0.614. The van der Waals surface area contributed by atoms with Crippen LogP contribution >= 0.6 is 0 Å². The maximum absolute atomic E-state index is 5.49. The maximum Gasteiger partial charge on any atom is 0.0700 e. The summed E-state index contributed by atoms with van der Waals surface area (Å²) < 4.78 is 15.7. The molecule has 0 atom stereocenters. The normalized spacial score (nSPS) is 10.5. The van der Waals surface area contributed by atoms with Crippen molar-refractivity contribution in [2.24, 2.45) is 0 Å². The molecule has 4 heteroatoms. The SMILES string of the molecule is COCCOCCCOCCNc1ccccc1. The third-order valence-corrected chi connectivity index (χ3v) is 2.36. The highest BCUT2D eigenvalue weighted by Gasteiger charge is 1.92. The largest absolute Gasteiger partial charge is 0.383 e. The first-order valence-corrected chi connectivity index (χ1v) is 6.37. The summed E-state index contributed by atoms with van der Waals surface area (Å²) in [4.78, 5) is 0. The van der Waals surface area contributed by atoms with E-state index in [0.717, 1.165) is 31.9 Å². The average molecular weight is 253 g/mol. The van der Waals surface area contributed by atoms with Crippen LogP contribution in [0.3, 0.4) is 0 Å². The zero-order chi connectivity index (χ0) is 12.9. The second-order valence-electron chi connectivity index (χ2n) is 3.86. The smallest absolute Gasteiger partial charge is 0.0700 e. The summed E-state index contributed by atoms with van der Waals surface area (Å²) >= 11 is 0. The Morgan fingerprint density at radius 3 is 2.33 bits per heavy atom. The molecule has 0 aromatic heterocycles. The first-order chi connectivity index (χ1) is 8.93. The molecular formula is C14H23NO3. The third-order valence-electron chi connectivity index (χ3n) is 2.36. The molecule has 4 nitrogen and oxygen atoms in total. The summed E-state index contributed by atoms with van der Waals surface area (Å²) in [6.07, 6.45) is 0.926. The van der Waals surface area contributed by atoms with Crippen LogP contribution in [-0.4, -0.2) is 46.7 Å². The van der Waals surface area contributed by atoms with E-state index < -0.39 is 0 Å². The Morgan fingerprint density at radius 2 is 1.61 bits per heavy atom. The Kier molecular flexibility index (Phi) is 9.16. The Bertz CT molecular complexity index is 280. The molecule has 0 saturated carbocycles. The number of hydrogen-bond donors (Lipinski definition) is 1. The van der Waals surface area contributed by atoms with E-state index in [-0.39, 0.29) is 0 Å². The lowest BCUT2D eigenvalue weighted by Gasteiger charge is -2.07. The number of rotatable bonds is 11. The van der Waals surface area contributed by atoms with E-state index in [1.54, 1.807) is 7.11 Å². The topological polar surface area (TPSA) is 39.7 Å². The van der Waals surface area contributed by atoms with E-state index in [0.29, 0.717) is 19.8 Å². The highest BCUT2D eigenvalue weighted by molar-refractivity contribution is 5.42. The van der Waals surface area contributed by atoms with Crippen molar-refractivity contribution in [1.82, 2.24) is 0 Å². The first-order valence-electron chi connectivity index (χ1n) is 6.37. The van der Waals surface area contributed by atoms with E-state index in [1.165, 1.54) is 0 Å². The van der Waals surface area contributed by atoms with Crippen molar-refractivity contribution in [2.75, 3.05) is 52.0 Å². The highest BCUT2D eigenvalue weighted by Crippen LogP contribution is 2.03. The first kappa shape index (κ1) is 15.0. The van der Waals surface area contributed by atoms with E-state index in [4.69, 9.17) is 14.2 Å². The molecule has 0 unspecified atom stereocenters. The molecule has 1 N–H and O–H groups in total. The molecule has 0 radical (unpaired) electrons. The highest BCUT2D eigenvalue weighted by atomic mass is 16.5. The Labute approximate surface area is 109 Å². The van der Waals surface area contributed by atoms with Crippen molar-refractivity contribution in [3.63, 3.8) is 0 Å². The van der Waals surface area contributed by atoms with Crippen LogP contribution in [0, 0.1) is 0 Å². The summed E-state index contributed by atoms with van der Waals surface area (Å²) in [5.41, 5.74) is 1.13. The predicted octanol–water partition coefficient (Wildman–Crippen LogP) is 2.17. The van der Waals surface area contributed by atoms with E-state index >= 15 is 0 Å². The minimum atomic E-state index is 0.655. The molecule has 0 bridgehead atoms. The lowest BCUT2D eigenvalue weighted by atomic mass is 10.3. The Balaban J connectivity index is 1.82. The summed E-state index contributed by atoms with van der Waals surface area (Å²) in [6.45, 7) is 4.33. The number of methoxy groups -OCH3 is 1. The summed E-state index contributed by atoms with van der Waals surface area (Å²) in [7, 11) is 1.67. The molecule has 0 aliphatic rings. The van der Waals surface area contributed by atoms with Gasteiger partial charge in [0.1, 0.15) is 0 Å². The minimum Gasteiger partial charge on any atom is -0.383 e. The lowest BCUT2D eigenvalue weighted by molar-refractivity contribution is 0.0529. The van der Waals surface area contributed by atoms with Crippen LogP contribution in [0.25, 0.3) is 0 Å². The number of nitrogens with one attached hydrogen (secondary N) is 1. The second kappa shape index (κ2) is 11.0. The molecule has 0 saturated heterocycles. The summed E-state index contributed by atoms with van der Waals surface area (Å²) in [5.74, 6) is 0. The molecule has 1 aromatic carbocycles. The van der Waals surface area contributed by atoms with Gasteiger partial charge in [0, 0.05) is 32.6 Å². The molecule has 0 heterocycles. The van der Waals surface area contributed by atoms with Gasteiger partial charge in [-0.15, -0.1) is 0 Å². The Hall–Kier alpha value is -1.10. The van der Waals surface area contributed by atoms with Gasteiger partial charge in [0.05, 0.1) is 19.8 Å². The van der Waals surface area contributed by atoms with Crippen molar-refractivity contribution >= 4 is 5.69 Å². The Morgan fingerprint density at radius 1 is 0.889 bits per heavy atom. The van der Waals surface area contributed by atoms with Crippen LogP contribution in [-0.2, 0) is 14.2 Å². The van der Waals surface area contributed by atoms with Crippen LogP contribution < -0.4 is 5.32 Å². The summed E-state index contributed by atoms with van der Waals surface area (Å²) in [5, 5.41) is 3.29. The molecule has 0 spiro atoms. The van der Waals surface area contributed by atoms with E-state index in [2.05, 4.69) is 5.32 Å². The van der Waals surface area contributed by atoms with Gasteiger partial charge in [-0.05, 0) is 18.6 Å². The van der Waals surface area contributed by atoms with Gasteiger partial charge < -0.3 is 19.5 Å². The molecule has 0 aliphatic carbocycles. The van der Waals surface area contributed by atoms with Gasteiger partial charge in [-0.25, -0.2) is 0 Å².